The molecule has 4 amide bonds. The van der Waals surface area contributed by atoms with Crippen LogP contribution in [0.1, 0.15) is 48.2 Å². The van der Waals surface area contributed by atoms with Gasteiger partial charge in [-0.15, -0.1) is 0 Å². The minimum atomic E-state index is -4.70. The van der Waals surface area contributed by atoms with Gasteiger partial charge in [0, 0.05) is 17.6 Å². The molecule has 2 aromatic carbocycles. The van der Waals surface area contributed by atoms with Gasteiger partial charge in [-0.1, -0.05) is 35.9 Å². The fourth-order valence-corrected chi connectivity index (χ4v) is 4.29. The lowest BCUT2D eigenvalue weighted by Gasteiger charge is -2.22. The number of aliphatic carboxylic acids is 1. The molecule has 208 valence electrons. The summed E-state index contributed by atoms with van der Waals surface area (Å²) in [6.45, 7) is -0.838. The largest absolute Gasteiger partial charge is 0.481 e. The topological polar surface area (TPSA) is 131 Å². The van der Waals surface area contributed by atoms with Crippen LogP contribution in [0, 0.1) is 0 Å². The Kier molecular flexibility index (Phi) is 8.31. The zero-order chi connectivity index (χ0) is 28.3. The second-order valence-corrected chi connectivity index (χ2v) is 9.59. The summed E-state index contributed by atoms with van der Waals surface area (Å²) in [5.41, 5.74) is 2.54. The minimum Gasteiger partial charge on any atom is -0.481 e. The van der Waals surface area contributed by atoms with Crippen molar-refractivity contribution >= 4 is 35.4 Å². The van der Waals surface area contributed by atoms with Crippen molar-refractivity contribution in [2.75, 3.05) is 13.1 Å². The Morgan fingerprint density at radius 3 is 2.44 bits per heavy atom. The van der Waals surface area contributed by atoms with Gasteiger partial charge in [-0.05, 0) is 48.2 Å². The minimum absolute atomic E-state index is 0.0170. The summed E-state index contributed by atoms with van der Waals surface area (Å²) in [6, 6.07) is 8.67. The Morgan fingerprint density at radius 1 is 1.13 bits per heavy atom. The van der Waals surface area contributed by atoms with Gasteiger partial charge in [0.05, 0.1) is 12.0 Å². The van der Waals surface area contributed by atoms with Gasteiger partial charge in [-0.2, -0.15) is 13.2 Å². The van der Waals surface area contributed by atoms with Crippen LogP contribution in [0.3, 0.4) is 0 Å². The molecule has 0 radical (unpaired) electrons. The molecule has 4 rings (SSSR count). The Labute approximate surface area is 226 Å². The molecule has 2 aromatic rings. The summed E-state index contributed by atoms with van der Waals surface area (Å²) < 4.78 is 39.9. The molecule has 0 bridgehead atoms. The van der Waals surface area contributed by atoms with Crippen LogP contribution in [-0.2, 0) is 20.6 Å². The number of amides is 4. The van der Waals surface area contributed by atoms with Crippen LogP contribution in [0.15, 0.2) is 48.5 Å². The number of carboxylic acid groups (broad SMARTS) is 1. The smallest absolute Gasteiger partial charge is 0.416 e. The molecule has 39 heavy (non-hydrogen) atoms. The number of carboxylic acids is 1. The predicted octanol–water partition coefficient (Wildman–Crippen LogP) is 3.21. The van der Waals surface area contributed by atoms with Crippen molar-refractivity contribution in [1.82, 2.24) is 26.0 Å². The van der Waals surface area contributed by atoms with Crippen molar-refractivity contribution in [2.24, 2.45) is 0 Å². The summed E-state index contributed by atoms with van der Waals surface area (Å²) in [5.74, 6) is -2.91. The molecule has 2 aliphatic rings. The van der Waals surface area contributed by atoms with Crippen LogP contribution in [0.4, 0.5) is 18.0 Å². The number of hydrazine groups is 1. The predicted molar refractivity (Wildman–Crippen MR) is 132 cm³/mol. The maximum atomic E-state index is 13.3. The maximum absolute atomic E-state index is 13.3. The first kappa shape index (κ1) is 28.2. The highest BCUT2D eigenvalue weighted by atomic mass is 35.5. The van der Waals surface area contributed by atoms with E-state index in [-0.39, 0.29) is 18.2 Å². The van der Waals surface area contributed by atoms with Crippen LogP contribution in [-0.4, -0.2) is 58.0 Å². The molecule has 1 saturated heterocycles. The lowest BCUT2D eigenvalue weighted by atomic mass is 10.0. The first-order valence-corrected chi connectivity index (χ1v) is 12.4. The average molecular weight is 568 g/mol. The number of carbonyl (C=O) groups excluding carboxylic acids is 3. The second kappa shape index (κ2) is 11.5. The van der Waals surface area contributed by atoms with Crippen molar-refractivity contribution in [3.63, 3.8) is 0 Å². The van der Waals surface area contributed by atoms with E-state index < -0.39 is 60.7 Å². The van der Waals surface area contributed by atoms with E-state index in [2.05, 4.69) is 16.1 Å². The summed E-state index contributed by atoms with van der Waals surface area (Å²) in [7, 11) is 0. The second-order valence-electron chi connectivity index (χ2n) is 9.15. The fraction of sp³-hybridized carbons (Fsp3) is 0.360. The van der Waals surface area contributed by atoms with E-state index in [1.807, 2.05) is 0 Å². The van der Waals surface area contributed by atoms with Crippen LogP contribution in [0.5, 0.6) is 0 Å². The van der Waals surface area contributed by atoms with Crippen molar-refractivity contribution in [3.8, 4) is 0 Å². The molecule has 0 spiro atoms. The van der Waals surface area contributed by atoms with Crippen molar-refractivity contribution < 1.29 is 37.5 Å². The molecule has 14 heteroatoms. The third-order valence-electron chi connectivity index (χ3n) is 6.19. The molecule has 0 aromatic heterocycles. The standard InChI is InChI=1S/C25H25ClF3N5O5/c26-17-6-4-14(5-7-17)22-32-33(24(39)34(22)18-8-9-18)13-19(35)31-21(23(38)30-11-10-20(36)37)15-2-1-3-16(12-15)25(27,28)29/h1-7,12,18,21-22,32H,8-11,13H2,(H,30,38)(H,31,35)(H,36,37). The molecule has 2 atom stereocenters. The van der Waals surface area contributed by atoms with E-state index in [1.165, 1.54) is 6.07 Å². The quantitative estimate of drug-likeness (QED) is 0.349. The molecule has 10 nitrogen and oxygen atoms in total. The number of halogens is 4. The van der Waals surface area contributed by atoms with Crippen LogP contribution >= 0.6 is 11.6 Å². The summed E-state index contributed by atoms with van der Waals surface area (Å²) in [5, 5.41) is 15.1. The average Bonchev–Trinajstić information content (AvgIpc) is 3.66. The fourth-order valence-electron chi connectivity index (χ4n) is 4.17. The number of nitrogens with zero attached hydrogens (tertiary/aromatic N) is 2. The Hall–Kier alpha value is -3.84. The number of nitrogens with one attached hydrogen (secondary N) is 3. The van der Waals surface area contributed by atoms with E-state index in [0.29, 0.717) is 5.02 Å². The summed E-state index contributed by atoms with van der Waals surface area (Å²) >= 11 is 5.97. The van der Waals surface area contributed by atoms with Gasteiger partial charge in [-0.25, -0.2) is 15.2 Å². The highest BCUT2D eigenvalue weighted by Crippen LogP contribution is 2.37. The third-order valence-corrected chi connectivity index (χ3v) is 6.44. The monoisotopic (exact) mass is 567 g/mol. The molecule has 2 unspecified atom stereocenters. The SMILES string of the molecule is O=C(O)CCNC(=O)C(NC(=O)CN1NC(c2ccc(Cl)cc2)N(C2CC2)C1=O)c1cccc(C(F)(F)F)c1. The van der Waals surface area contributed by atoms with Crippen LogP contribution < -0.4 is 16.1 Å². The molecule has 1 heterocycles. The van der Waals surface area contributed by atoms with Crippen molar-refractivity contribution in [1.29, 1.82) is 0 Å². The number of hydrogen-bond donors (Lipinski definition) is 4. The lowest BCUT2D eigenvalue weighted by molar-refractivity contribution is -0.138. The van der Waals surface area contributed by atoms with Gasteiger partial charge in [0.25, 0.3) is 0 Å². The van der Waals surface area contributed by atoms with Crippen molar-refractivity contribution in [3.05, 3.63) is 70.2 Å². The number of hydrogen-bond acceptors (Lipinski definition) is 5. The maximum Gasteiger partial charge on any atom is 0.416 e. The molecule has 2 fully saturated rings. The summed E-state index contributed by atoms with van der Waals surface area (Å²) in [4.78, 5) is 51.4. The van der Waals surface area contributed by atoms with E-state index >= 15 is 0 Å². The van der Waals surface area contributed by atoms with Crippen molar-refractivity contribution in [2.45, 2.75) is 43.7 Å². The van der Waals surface area contributed by atoms with E-state index in [4.69, 9.17) is 16.7 Å². The Bertz CT molecular complexity index is 1260. The molecule has 4 N–H and O–H groups in total. The molecular formula is C25H25ClF3N5O5. The summed E-state index contributed by atoms with van der Waals surface area (Å²) in [6.07, 6.45) is -4.09. The van der Waals surface area contributed by atoms with Gasteiger partial charge in [-0.3, -0.25) is 19.3 Å². The Balaban J connectivity index is 1.51. The third kappa shape index (κ3) is 6.98. The van der Waals surface area contributed by atoms with Gasteiger partial charge < -0.3 is 15.7 Å². The molecular weight excluding hydrogens is 543 g/mol. The normalized spacial score (nSPS) is 18.2. The van der Waals surface area contributed by atoms with Crippen LogP contribution in [0.2, 0.25) is 5.02 Å². The van der Waals surface area contributed by atoms with Gasteiger partial charge >= 0.3 is 18.2 Å². The highest BCUT2D eigenvalue weighted by molar-refractivity contribution is 6.30. The number of carbonyl (C=O) groups is 4. The zero-order valence-corrected chi connectivity index (χ0v) is 21.1. The first-order valence-electron chi connectivity index (χ1n) is 12.0. The van der Waals surface area contributed by atoms with Gasteiger partial charge in [0.15, 0.2) is 0 Å². The first-order chi connectivity index (χ1) is 18.4. The van der Waals surface area contributed by atoms with Gasteiger partial charge in [0.2, 0.25) is 11.8 Å². The molecule has 1 aliphatic heterocycles. The van der Waals surface area contributed by atoms with E-state index in [9.17, 15) is 32.3 Å². The number of urea groups is 1. The van der Waals surface area contributed by atoms with Crippen LogP contribution in [0.25, 0.3) is 0 Å². The highest BCUT2D eigenvalue weighted by Gasteiger charge is 2.46. The molecule has 1 saturated carbocycles. The van der Waals surface area contributed by atoms with E-state index in [0.717, 1.165) is 41.6 Å². The van der Waals surface area contributed by atoms with Gasteiger partial charge in [0.1, 0.15) is 18.8 Å². The van der Waals surface area contributed by atoms with E-state index in [1.54, 1.807) is 29.2 Å². The lowest BCUT2D eigenvalue weighted by Crippen LogP contribution is -2.47. The zero-order valence-electron chi connectivity index (χ0n) is 20.4. The Morgan fingerprint density at radius 2 is 1.82 bits per heavy atom. The number of alkyl halides is 3. The number of rotatable bonds is 10. The number of benzene rings is 2. The molecule has 1 aliphatic carbocycles.